The van der Waals surface area contributed by atoms with Crippen molar-refractivity contribution in [2.45, 2.75) is 79.2 Å². The lowest BCUT2D eigenvalue weighted by Crippen LogP contribution is -2.23. The molecule has 1 nitrogen and oxygen atoms in total. The third-order valence-corrected chi connectivity index (χ3v) is 3.91. The van der Waals surface area contributed by atoms with Gasteiger partial charge in [0.05, 0.1) is 0 Å². The highest BCUT2D eigenvalue weighted by Gasteiger charge is 2.12. The van der Waals surface area contributed by atoms with Crippen molar-refractivity contribution in [3.05, 3.63) is 29.8 Å². The molecule has 0 fully saturated rings. The van der Waals surface area contributed by atoms with E-state index in [2.05, 4.69) is 64.2 Å². The molecule has 0 aliphatic heterocycles. The molecule has 0 atom stereocenters. The second kappa shape index (κ2) is 9.87. The molecule has 21 heavy (non-hydrogen) atoms. The molecule has 0 aliphatic carbocycles. The average molecular weight is 290 g/mol. The van der Waals surface area contributed by atoms with E-state index in [4.69, 9.17) is 0 Å². The standard InChI is InChI=1S/C20H35N/c1-6-7-8-9-18-10-12-19(13-11-18)21-20(14-16(2)3)15-17(4)5/h10-13,16-17,20-21H,6-9,14-15H2,1-5H3. The van der Waals surface area contributed by atoms with Gasteiger partial charge in [0, 0.05) is 11.7 Å². The molecule has 120 valence electrons. The van der Waals surface area contributed by atoms with E-state index in [-0.39, 0.29) is 0 Å². The van der Waals surface area contributed by atoms with Crippen LogP contribution < -0.4 is 5.32 Å². The first-order valence-corrected chi connectivity index (χ1v) is 8.86. The number of aryl methyl sites for hydroxylation is 1. The molecule has 1 aromatic carbocycles. The summed E-state index contributed by atoms with van der Waals surface area (Å²) >= 11 is 0. The second-order valence-corrected chi connectivity index (χ2v) is 7.25. The van der Waals surface area contributed by atoms with Crippen LogP contribution in [-0.4, -0.2) is 6.04 Å². The third-order valence-electron chi connectivity index (χ3n) is 3.91. The van der Waals surface area contributed by atoms with Gasteiger partial charge in [-0.3, -0.25) is 0 Å². The largest absolute Gasteiger partial charge is 0.382 e. The van der Waals surface area contributed by atoms with Crippen LogP contribution in [0.1, 0.15) is 72.3 Å². The van der Waals surface area contributed by atoms with E-state index in [1.54, 1.807) is 0 Å². The van der Waals surface area contributed by atoms with Crippen molar-refractivity contribution in [2.24, 2.45) is 11.8 Å². The van der Waals surface area contributed by atoms with Crippen LogP contribution in [0, 0.1) is 11.8 Å². The van der Waals surface area contributed by atoms with Crippen LogP contribution in [0.15, 0.2) is 24.3 Å². The van der Waals surface area contributed by atoms with E-state index in [0.717, 1.165) is 11.8 Å². The van der Waals surface area contributed by atoms with Gasteiger partial charge in [0.2, 0.25) is 0 Å². The molecule has 0 heterocycles. The molecule has 0 saturated carbocycles. The van der Waals surface area contributed by atoms with Crippen molar-refractivity contribution in [3.8, 4) is 0 Å². The molecule has 0 saturated heterocycles. The molecule has 0 spiro atoms. The molecular weight excluding hydrogens is 254 g/mol. The molecule has 1 heteroatoms. The van der Waals surface area contributed by atoms with Crippen LogP contribution in [0.4, 0.5) is 5.69 Å². The van der Waals surface area contributed by atoms with Gasteiger partial charge in [-0.25, -0.2) is 0 Å². The third kappa shape index (κ3) is 8.14. The van der Waals surface area contributed by atoms with Gasteiger partial charge in [0.1, 0.15) is 0 Å². The Morgan fingerprint density at radius 1 is 0.857 bits per heavy atom. The number of anilines is 1. The van der Waals surface area contributed by atoms with Crippen molar-refractivity contribution in [1.82, 2.24) is 0 Å². The van der Waals surface area contributed by atoms with Crippen LogP contribution in [-0.2, 0) is 6.42 Å². The van der Waals surface area contributed by atoms with E-state index in [1.807, 2.05) is 0 Å². The van der Waals surface area contributed by atoms with Gasteiger partial charge < -0.3 is 5.32 Å². The molecule has 0 aromatic heterocycles. The monoisotopic (exact) mass is 289 g/mol. The summed E-state index contributed by atoms with van der Waals surface area (Å²) < 4.78 is 0. The van der Waals surface area contributed by atoms with Crippen molar-refractivity contribution >= 4 is 5.69 Å². The molecule has 1 aromatic rings. The number of hydrogen-bond acceptors (Lipinski definition) is 1. The summed E-state index contributed by atoms with van der Waals surface area (Å²) in [5.41, 5.74) is 2.75. The zero-order valence-corrected chi connectivity index (χ0v) is 14.8. The van der Waals surface area contributed by atoms with E-state index in [0.29, 0.717) is 6.04 Å². The molecule has 1 N–H and O–H groups in total. The lowest BCUT2D eigenvalue weighted by atomic mass is 9.95. The molecule has 0 aliphatic rings. The average Bonchev–Trinajstić information content (AvgIpc) is 2.39. The maximum atomic E-state index is 3.74. The SMILES string of the molecule is CCCCCc1ccc(NC(CC(C)C)CC(C)C)cc1. The topological polar surface area (TPSA) is 12.0 Å². The Hall–Kier alpha value is -0.980. The fourth-order valence-electron chi connectivity index (χ4n) is 2.93. The fourth-order valence-corrected chi connectivity index (χ4v) is 2.93. The lowest BCUT2D eigenvalue weighted by molar-refractivity contribution is 0.442. The highest BCUT2D eigenvalue weighted by molar-refractivity contribution is 5.45. The molecule has 0 bridgehead atoms. The second-order valence-electron chi connectivity index (χ2n) is 7.25. The Labute approximate surface area is 132 Å². The number of hydrogen-bond donors (Lipinski definition) is 1. The Kier molecular flexibility index (Phi) is 8.49. The Balaban J connectivity index is 2.54. The van der Waals surface area contributed by atoms with E-state index in [9.17, 15) is 0 Å². The Morgan fingerprint density at radius 2 is 1.43 bits per heavy atom. The smallest absolute Gasteiger partial charge is 0.0342 e. The number of benzene rings is 1. The van der Waals surface area contributed by atoms with Crippen LogP contribution in [0.25, 0.3) is 0 Å². The Bertz CT molecular complexity index is 354. The molecule has 0 unspecified atom stereocenters. The first-order valence-electron chi connectivity index (χ1n) is 8.86. The summed E-state index contributed by atoms with van der Waals surface area (Å²) in [5, 5.41) is 3.74. The van der Waals surface area contributed by atoms with Gasteiger partial charge in [0.25, 0.3) is 0 Å². The highest BCUT2D eigenvalue weighted by atomic mass is 14.9. The summed E-state index contributed by atoms with van der Waals surface area (Å²) in [6.45, 7) is 11.5. The van der Waals surface area contributed by atoms with Gasteiger partial charge in [-0.1, -0.05) is 59.6 Å². The maximum Gasteiger partial charge on any atom is 0.0342 e. The van der Waals surface area contributed by atoms with E-state index in [1.165, 1.54) is 49.8 Å². The minimum Gasteiger partial charge on any atom is -0.382 e. The quantitative estimate of drug-likeness (QED) is 0.499. The minimum atomic E-state index is 0.593. The van der Waals surface area contributed by atoms with Gasteiger partial charge in [-0.2, -0.15) is 0 Å². The van der Waals surface area contributed by atoms with Gasteiger partial charge in [-0.15, -0.1) is 0 Å². The van der Waals surface area contributed by atoms with Crippen LogP contribution >= 0.6 is 0 Å². The summed E-state index contributed by atoms with van der Waals surface area (Å²) in [4.78, 5) is 0. The zero-order chi connectivity index (χ0) is 15.7. The normalized spacial score (nSPS) is 11.6. The summed E-state index contributed by atoms with van der Waals surface area (Å²) in [6.07, 6.45) is 7.66. The van der Waals surface area contributed by atoms with Gasteiger partial charge in [0.15, 0.2) is 0 Å². The first kappa shape index (κ1) is 18.1. The number of rotatable bonds is 10. The highest BCUT2D eigenvalue weighted by Crippen LogP contribution is 2.19. The van der Waals surface area contributed by atoms with E-state index < -0.39 is 0 Å². The minimum absolute atomic E-state index is 0.593. The molecular formula is C20H35N. The lowest BCUT2D eigenvalue weighted by Gasteiger charge is -2.23. The molecule has 0 amide bonds. The van der Waals surface area contributed by atoms with Crippen molar-refractivity contribution < 1.29 is 0 Å². The maximum absolute atomic E-state index is 3.74. The molecule has 0 radical (unpaired) electrons. The predicted molar refractivity (Wildman–Crippen MR) is 96.0 cm³/mol. The van der Waals surface area contributed by atoms with Crippen LogP contribution in [0.2, 0.25) is 0 Å². The fraction of sp³-hybridized carbons (Fsp3) is 0.700. The van der Waals surface area contributed by atoms with Crippen molar-refractivity contribution in [3.63, 3.8) is 0 Å². The first-order chi connectivity index (χ1) is 10.0. The summed E-state index contributed by atoms with van der Waals surface area (Å²) in [5.74, 6) is 1.49. The molecule has 1 rings (SSSR count). The predicted octanol–water partition coefficient (Wildman–Crippen LogP) is 6.29. The number of unbranched alkanes of at least 4 members (excludes halogenated alkanes) is 2. The van der Waals surface area contributed by atoms with Gasteiger partial charge >= 0.3 is 0 Å². The number of nitrogens with one attached hydrogen (secondary N) is 1. The van der Waals surface area contributed by atoms with Crippen LogP contribution in [0.3, 0.4) is 0 Å². The zero-order valence-electron chi connectivity index (χ0n) is 14.8. The summed E-state index contributed by atoms with van der Waals surface area (Å²) in [7, 11) is 0. The van der Waals surface area contributed by atoms with E-state index >= 15 is 0 Å². The Morgan fingerprint density at radius 3 is 1.90 bits per heavy atom. The van der Waals surface area contributed by atoms with Crippen LogP contribution in [0.5, 0.6) is 0 Å². The van der Waals surface area contributed by atoms with Crippen molar-refractivity contribution in [2.75, 3.05) is 5.32 Å². The van der Waals surface area contributed by atoms with Crippen molar-refractivity contribution in [1.29, 1.82) is 0 Å². The van der Waals surface area contributed by atoms with Gasteiger partial charge in [-0.05, 0) is 55.2 Å². The summed E-state index contributed by atoms with van der Waals surface area (Å²) in [6, 6.07) is 9.69.